The topological polar surface area (TPSA) is 21.3 Å². The molecular formula is C12H17F2NO. The van der Waals surface area contributed by atoms with Crippen LogP contribution in [0.15, 0.2) is 18.2 Å². The number of hydrogen-bond acceptors (Lipinski definition) is 2. The Bertz CT molecular complexity index is 318. The van der Waals surface area contributed by atoms with Gasteiger partial charge in [0.1, 0.15) is 24.8 Å². The first-order valence-corrected chi connectivity index (χ1v) is 5.45. The molecule has 0 saturated carbocycles. The summed E-state index contributed by atoms with van der Waals surface area (Å²) in [7, 11) is 0. The molecule has 90 valence electrons. The Morgan fingerprint density at radius 3 is 2.88 bits per heavy atom. The van der Waals surface area contributed by atoms with Crippen molar-refractivity contribution in [3.8, 4) is 5.75 Å². The molecule has 0 aromatic heterocycles. The zero-order chi connectivity index (χ0) is 11.8. The second-order valence-electron chi connectivity index (χ2n) is 3.47. The Balaban J connectivity index is 2.65. The van der Waals surface area contributed by atoms with Gasteiger partial charge in [-0.05, 0) is 31.2 Å². The van der Waals surface area contributed by atoms with Crippen molar-refractivity contribution in [3.63, 3.8) is 0 Å². The van der Waals surface area contributed by atoms with Crippen LogP contribution in [0, 0.1) is 5.82 Å². The summed E-state index contributed by atoms with van der Waals surface area (Å²) in [6.07, 6.45) is 1.01. The molecule has 0 aliphatic rings. The van der Waals surface area contributed by atoms with Crippen LogP contribution in [0.2, 0.25) is 0 Å². The van der Waals surface area contributed by atoms with E-state index in [0.717, 1.165) is 18.5 Å². The lowest BCUT2D eigenvalue weighted by molar-refractivity contribution is 0.270. The maximum Gasteiger partial charge on any atom is 0.124 e. The number of nitrogens with one attached hydrogen (secondary N) is 1. The van der Waals surface area contributed by atoms with Crippen LogP contribution in [0.5, 0.6) is 5.75 Å². The molecule has 1 aromatic carbocycles. The predicted molar refractivity (Wildman–Crippen MR) is 59.9 cm³/mol. The SMILES string of the molecule is CCCNCc1cc(F)ccc1OCCF. The molecular weight excluding hydrogens is 212 g/mol. The van der Waals surface area contributed by atoms with Crippen LogP contribution >= 0.6 is 0 Å². The second-order valence-corrected chi connectivity index (χ2v) is 3.47. The smallest absolute Gasteiger partial charge is 0.124 e. The zero-order valence-corrected chi connectivity index (χ0v) is 9.43. The Morgan fingerprint density at radius 1 is 1.38 bits per heavy atom. The molecule has 0 fully saturated rings. The number of ether oxygens (including phenoxy) is 1. The van der Waals surface area contributed by atoms with E-state index in [0.29, 0.717) is 12.3 Å². The average Bonchev–Trinajstić information content (AvgIpc) is 2.28. The van der Waals surface area contributed by atoms with Gasteiger partial charge < -0.3 is 10.1 Å². The fourth-order valence-corrected chi connectivity index (χ4v) is 1.38. The Morgan fingerprint density at radius 2 is 2.19 bits per heavy atom. The van der Waals surface area contributed by atoms with Gasteiger partial charge in [-0.15, -0.1) is 0 Å². The van der Waals surface area contributed by atoms with Gasteiger partial charge >= 0.3 is 0 Å². The molecule has 0 spiro atoms. The third-order valence-electron chi connectivity index (χ3n) is 2.10. The monoisotopic (exact) mass is 229 g/mol. The highest BCUT2D eigenvalue weighted by molar-refractivity contribution is 5.33. The third-order valence-corrected chi connectivity index (χ3v) is 2.10. The number of benzene rings is 1. The largest absolute Gasteiger partial charge is 0.491 e. The van der Waals surface area contributed by atoms with Gasteiger partial charge in [-0.3, -0.25) is 0 Å². The average molecular weight is 229 g/mol. The van der Waals surface area contributed by atoms with E-state index >= 15 is 0 Å². The van der Waals surface area contributed by atoms with E-state index in [1.165, 1.54) is 18.2 Å². The minimum atomic E-state index is -0.542. The fraction of sp³-hybridized carbons (Fsp3) is 0.500. The van der Waals surface area contributed by atoms with Crippen LogP contribution in [-0.2, 0) is 6.54 Å². The molecule has 4 heteroatoms. The third kappa shape index (κ3) is 4.14. The van der Waals surface area contributed by atoms with E-state index in [4.69, 9.17) is 4.74 Å². The van der Waals surface area contributed by atoms with Gasteiger partial charge in [-0.2, -0.15) is 0 Å². The Kier molecular flexibility index (Phi) is 5.78. The molecule has 1 N–H and O–H groups in total. The van der Waals surface area contributed by atoms with Crippen LogP contribution < -0.4 is 10.1 Å². The molecule has 1 aromatic rings. The summed E-state index contributed by atoms with van der Waals surface area (Å²) >= 11 is 0. The van der Waals surface area contributed by atoms with Crippen molar-refractivity contribution in [2.75, 3.05) is 19.8 Å². The summed E-state index contributed by atoms with van der Waals surface area (Å²) < 4.78 is 30.2. The van der Waals surface area contributed by atoms with Crippen LogP contribution in [-0.4, -0.2) is 19.8 Å². The van der Waals surface area contributed by atoms with Crippen LogP contribution in [0.1, 0.15) is 18.9 Å². The molecule has 0 aliphatic heterocycles. The summed E-state index contributed by atoms with van der Waals surface area (Å²) in [6.45, 7) is 2.91. The van der Waals surface area contributed by atoms with Gasteiger partial charge in [0.15, 0.2) is 0 Å². The van der Waals surface area contributed by atoms with Crippen molar-refractivity contribution in [2.45, 2.75) is 19.9 Å². The van der Waals surface area contributed by atoms with E-state index in [2.05, 4.69) is 12.2 Å². The van der Waals surface area contributed by atoms with Gasteiger partial charge in [0.25, 0.3) is 0 Å². The van der Waals surface area contributed by atoms with Crippen LogP contribution in [0.4, 0.5) is 8.78 Å². The van der Waals surface area contributed by atoms with Crippen molar-refractivity contribution in [1.82, 2.24) is 5.32 Å². The van der Waals surface area contributed by atoms with Crippen molar-refractivity contribution in [3.05, 3.63) is 29.6 Å². The van der Waals surface area contributed by atoms with E-state index in [1.807, 2.05) is 0 Å². The molecule has 0 unspecified atom stereocenters. The molecule has 16 heavy (non-hydrogen) atoms. The fourth-order valence-electron chi connectivity index (χ4n) is 1.38. The van der Waals surface area contributed by atoms with Crippen LogP contribution in [0.25, 0.3) is 0 Å². The molecule has 0 saturated heterocycles. The quantitative estimate of drug-likeness (QED) is 0.726. The highest BCUT2D eigenvalue weighted by atomic mass is 19.1. The van der Waals surface area contributed by atoms with E-state index in [1.54, 1.807) is 0 Å². The molecule has 0 aliphatic carbocycles. The van der Waals surface area contributed by atoms with E-state index in [9.17, 15) is 8.78 Å². The number of hydrogen-bond donors (Lipinski definition) is 1. The molecule has 0 atom stereocenters. The molecule has 1 rings (SSSR count). The highest BCUT2D eigenvalue weighted by Crippen LogP contribution is 2.19. The molecule has 0 radical (unpaired) electrons. The van der Waals surface area contributed by atoms with Gasteiger partial charge in [-0.25, -0.2) is 8.78 Å². The van der Waals surface area contributed by atoms with Gasteiger partial charge in [-0.1, -0.05) is 6.92 Å². The summed E-state index contributed by atoms with van der Waals surface area (Å²) in [5.41, 5.74) is 0.724. The lowest BCUT2D eigenvalue weighted by atomic mass is 10.2. The highest BCUT2D eigenvalue weighted by Gasteiger charge is 2.05. The van der Waals surface area contributed by atoms with E-state index < -0.39 is 6.67 Å². The summed E-state index contributed by atoms with van der Waals surface area (Å²) in [6, 6.07) is 4.26. The van der Waals surface area contributed by atoms with Crippen molar-refractivity contribution < 1.29 is 13.5 Å². The van der Waals surface area contributed by atoms with Crippen LogP contribution in [0.3, 0.4) is 0 Å². The lowest BCUT2D eigenvalue weighted by Gasteiger charge is -2.11. The van der Waals surface area contributed by atoms with Crippen molar-refractivity contribution >= 4 is 0 Å². The first kappa shape index (κ1) is 12.9. The summed E-state index contributed by atoms with van der Waals surface area (Å²) in [5.74, 6) is 0.239. The van der Waals surface area contributed by atoms with Crippen molar-refractivity contribution in [1.29, 1.82) is 0 Å². The minimum absolute atomic E-state index is 0.00636. The number of rotatable bonds is 7. The second kappa shape index (κ2) is 7.17. The minimum Gasteiger partial charge on any atom is -0.491 e. The maximum atomic E-state index is 13.0. The Labute approximate surface area is 94.6 Å². The molecule has 0 bridgehead atoms. The first-order valence-electron chi connectivity index (χ1n) is 5.45. The summed E-state index contributed by atoms with van der Waals surface area (Å²) in [5, 5.41) is 3.15. The molecule has 2 nitrogen and oxygen atoms in total. The normalized spacial score (nSPS) is 10.4. The van der Waals surface area contributed by atoms with Crippen molar-refractivity contribution in [2.24, 2.45) is 0 Å². The summed E-state index contributed by atoms with van der Waals surface area (Å²) in [4.78, 5) is 0. The van der Waals surface area contributed by atoms with Gasteiger partial charge in [0.2, 0.25) is 0 Å². The molecule has 0 amide bonds. The number of alkyl halides is 1. The van der Waals surface area contributed by atoms with E-state index in [-0.39, 0.29) is 12.4 Å². The standard InChI is InChI=1S/C12H17F2NO/c1-2-6-15-9-10-8-11(14)3-4-12(10)16-7-5-13/h3-4,8,15H,2,5-7,9H2,1H3. The molecule has 0 heterocycles. The number of halogens is 2. The first-order chi connectivity index (χ1) is 7.77. The Hall–Kier alpha value is -1.16. The zero-order valence-electron chi connectivity index (χ0n) is 9.43. The predicted octanol–water partition coefficient (Wildman–Crippen LogP) is 2.67. The van der Waals surface area contributed by atoms with Gasteiger partial charge in [0.05, 0.1) is 0 Å². The maximum absolute atomic E-state index is 13.0. The van der Waals surface area contributed by atoms with Gasteiger partial charge in [0, 0.05) is 12.1 Å². The lowest BCUT2D eigenvalue weighted by Crippen LogP contribution is -2.15.